The second-order valence-corrected chi connectivity index (χ2v) is 4.06. The summed E-state index contributed by atoms with van der Waals surface area (Å²) in [5.74, 6) is -0.275. The van der Waals surface area contributed by atoms with E-state index in [0.717, 1.165) is 0 Å². The van der Waals surface area contributed by atoms with Gasteiger partial charge in [-0.2, -0.15) is 0 Å². The first-order chi connectivity index (χ1) is 7.49. The Morgan fingerprint density at radius 3 is 2.81 bits per heavy atom. The van der Waals surface area contributed by atoms with E-state index in [4.69, 9.17) is 17.3 Å². The van der Waals surface area contributed by atoms with Gasteiger partial charge in [0.2, 0.25) is 0 Å². The summed E-state index contributed by atoms with van der Waals surface area (Å²) in [7, 11) is 0. The van der Waals surface area contributed by atoms with Gasteiger partial charge in [0.25, 0.3) is 0 Å². The lowest BCUT2D eigenvalue weighted by molar-refractivity contribution is 0.198. The van der Waals surface area contributed by atoms with Crippen molar-refractivity contribution >= 4 is 23.0 Å². The van der Waals surface area contributed by atoms with Gasteiger partial charge in [0, 0.05) is 12.2 Å². The average molecular weight is 242 g/mol. The number of thiocarbonyl (C=S) groups is 1. The summed E-state index contributed by atoms with van der Waals surface area (Å²) in [5, 5.41) is 15.0. The molecule has 0 aliphatic carbocycles. The molecule has 0 saturated heterocycles. The molecule has 0 bridgehead atoms. The van der Waals surface area contributed by atoms with Gasteiger partial charge >= 0.3 is 0 Å². The van der Waals surface area contributed by atoms with Gasteiger partial charge in [-0.15, -0.1) is 0 Å². The number of benzene rings is 1. The molecule has 3 nitrogen and oxygen atoms in total. The van der Waals surface area contributed by atoms with Crippen LogP contribution in [-0.2, 0) is 0 Å². The molecule has 1 atom stereocenters. The number of aliphatic hydroxyl groups is 1. The van der Waals surface area contributed by atoms with Crippen molar-refractivity contribution in [2.24, 2.45) is 0 Å². The smallest absolute Gasteiger partial charge is 0.170 e. The highest BCUT2D eigenvalue weighted by atomic mass is 32.1. The molecule has 0 spiro atoms. The van der Waals surface area contributed by atoms with E-state index in [1.807, 2.05) is 0 Å². The number of nitrogens with one attached hydrogen (secondary N) is 2. The summed E-state index contributed by atoms with van der Waals surface area (Å²) in [6.45, 7) is 3.71. The topological polar surface area (TPSA) is 44.3 Å². The first-order valence-corrected chi connectivity index (χ1v) is 5.39. The van der Waals surface area contributed by atoms with Crippen LogP contribution in [0.1, 0.15) is 12.5 Å². The Hall–Kier alpha value is -1.20. The van der Waals surface area contributed by atoms with Crippen LogP contribution in [0.5, 0.6) is 0 Å². The average Bonchev–Trinajstić information content (AvgIpc) is 2.21. The van der Waals surface area contributed by atoms with Crippen LogP contribution >= 0.6 is 12.2 Å². The number of hydrogen-bond donors (Lipinski definition) is 3. The van der Waals surface area contributed by atoms with Crippen LogP contribution in [0.2, 0.25) is 0 Å². The fourth-order valence-electron chi connectivity index (χ4n) is 1.09. The normalized spacial score (nSPS) is 12.0. The van der Waals surface area contributed by atoms with Crippen molar-refractivity contribution in [2.75, 3.05) is 11.9 Å². The molecule has 1 aromatic carbocycles. The summed E-state index contributed by atoms with van der Waals surface area (Å²) in [6.07, 6.45) is -0.477. The largest absolute Gasteiger partial charge is 0.392 e. The SMILES string of the molecule is Cc1ccc(NC(=S)NC[C@@H](C)O)cc1F. The summed E-state index contributed by atoms with van der Waals surface area (Å²) in [6, 6.07) is 4.80. The summed E-state index contributed by atoms with van der Waals surface area (Å²) in [4.78, 5) is 0. The van der Waals surface area contributed by atoms with E-state index in [-0.39, 0.29) is 5.82 Å². The van der Waals surface area contributed by atoms with Gasteiger partial charge in [-0.25, -0.2) is 4.39 Å². The van der Waals surface area contributed by atoms with E-state index < -0.39 is 6.10 Å². The lowest BCUT2D eigenvalue weighted by Crippen LogP contribution is -2.33. The van der Waals surface area contributed by atoms with E-state index in [1.54, 1.807) is 26.0 Å². The van der Waals surface area contributed by atoms with Crippen molar-refractivity contribution in [3.05, 3.63) is 29.6 Å². The number of aliphatic hydroxyl groups excluding tert-OH is 1. The maximum absolute atomic E-state index is 13.2. The van der Waals surface area contributed by atoms with E-state index in [0.29, 0.717) is 22.9 Å². The molecule has 5 heteroatoms. The lowest BCUT2D eigenvalue weighted by Gasteiger charge is -2.12. The highest BCUT2D eigenvalue weighted by Gasteiger charge is 2.02. The molecule has 0 aliphatic rings. The van der Waals surface area contributed by atoms with Crippen molar-refractivity contribution in [3.63, 3.8) is 0 Å². The monoisotopic (exact) mass is 242 g/mol. The molecule has 0 unspecified atom stereocenters. The zero-order valence-electron chi connectivity index (χ0n) is 9.25. The predicted molar refractivity (Wildman–Crippen MR) is 67.0 cm³/mol. The molecule has 88 valence electrons. The molecule has 0 fully saturated rings. The third-order valence-electron chi connectivity index (χ3n) is 1.99. The second kappa shape index (κ2) is 5.77. The first kappa shape index (κ1) is 12.9. The molecule has 0 heterocycles. The zero-order valence-corrected chi connectivity index (χ0v) is 10.1. The Bertz CT molecular complexity index is 382. The Balaban J connectivity index is 2.53. The summed E-state index contributed by atoms with van der Waals surface area (Å²) in [5.41, 5.74) is 1.18. The lowest BCUT2D eigenvalue weighted by atomic mass is 10.2. The Labute approximate surface area is 99.7 Å². The molecule has 0 aliphatic heterocycles. The van der Waals surface area contributed by atoms with Crippen molar-refractivity contribution in [2.45, 2.75) is 20.0 Å². The molecular weight excluding hydrogens is 227 g/mol. The maximum Gasteiger partial charge on any atom is 0.170 e. The summed E-state index contributed by atoms with van der Waals surface area (Å²) < 4.78 is 13.2. The van der Waals surface area contributed by atoms with Gasteiger partial charge in [0.1, 0.15) is 5.82 Å². The predicted octanol–water partition coefficient (Wildman–Crippen LogP) is 1.80. The molecular formula is C11H15FN2OS. The van der Waals surface area contributed by atoms with Crippen LogP contribution in [0.3, 0.4) is 0 Å². The molecule has 0 aromatic heterocycles. The van der Waals surface area contributed by atoms with Gasteiger partial charge < -0.3 is 15.7 Å². The number of hydrogen-bond acceptors (Lipinski definition) is 2. The van der Waals surface area contributed by atoms with E-state index >= 15 is 0 Å². The Kier molecular flexibility index (Phi) is 4.64. The third-order valence-corrected chi connectivity index (χ3v) is 2.23. The van der Waals surface area contributed by atoms with Crippen molar-refractivity contribution in [3.8, 4) is 0 Å². The van der Waals surface area contributed by atoms with Crippen LogP contribution in [0, 0.1) is 12.7 Å². The number of anilines is 1. The number of aryl methyl sites for hydroxylation is 1. The molecule has 3 N–H and O–H groups in total. The van der Waals surface area contributed by atoms with Gasteiger partial charge in [-0.3, -0.25) is 0 Å². The van der Waals surface area contributed by atoms with Crippen LogP contribution in [0.15, 0.2) is 18.2 Å². The zero-order chi connectivity index (χ0) is 12.1. The van der Waals surface area contributed by atoms with Crippen molar-refractivity contribution < 1.29 is 9.50 Å². The number of halogens is 1. The maximum atomic E-state index is 13.2. The van der Waals surface area contributed by atoms with E-state index in [1.165, 1.54) is 6.07 Å². The fourth-order valence-corrected chi connectivity index (χ4v) is 1.29. The highest BCUT2D eigenvalue weighted by Crippen LogP contribution is 2.13. The van der Waals surface area contributed by atoms with Crippen molar-refractivity contribution in [1.29, 1.82) is 0 Å². The van der Waals surface area contributed by atoms with Gasteiger partial charge in [0.05, 0.1) is 6.10 Å². The Morgan fingerprint density at radius 2 is 2.25 bits per heavy atom. The van der Waals surface area contributed by atoms with Crippen molar-refractivity contribution in [1.82, 2.24) is 5.32 Å². The first-order valence-electron chi connectivity index (χ1n) is 4.98. The number of rotatable bonds is 3. The quantitative estimate of drug-likeness (QED) is 0.707. The second-order valence-electron chi connectivity index (χ2n) is 3.65. The molecule has 0 radical (unpaired) electrons. The minimum Gasteiger partial charge on any atom is -0.392 e. The van der Waals surface area contributed by atoms with E-state index in [2.05, 4.69) is 10.6 Å². The fraction of sp³-hybridized carbons (Fsp3) is 0.364. The summed E-state index contributed by atoms with van der Waals surface area (Å²) >= 11 is 4.97. The third kappa shape index (κ3) is 4.12. The van der Waals surface area contributed by atoms with Crippen LogP contribution < -0.4 is 10.6 Å². The molecule has 1 aromatic rings. The Morgan fingerprint density at radius 1 is 1.56 bits per heavy atom. The van der Waals surface area contributed by atoms with E-state index in [9.17, 15) is 4.39 Å². The van der Waals surface area contributed by atoms with Gasteiger partial charge in [-0.05, 0) is 43.8 Å². The molecule has 0 saturated carbocycles. The minimum atomic E-state index is -0.477. The van der Waals surface area contributed by atoms with Crippen LogP contribution in [0.25, 0.3) is 0 Å². The van der Waals surface area contributed by atoms with Crippen LogP contribution in [0.4, 0.5) is 10.1 Å². The minimum absolute atomic E-state index is 0.275. The molecule has 16 heavy (non-hydrogen) atoms. The molecule has 0 amide bonds. The van der Waals surface area contributed by atoms with Gasteiger partial charge in [-0.1, -0.05) is 6.07 Å². The van der Waals surface area contributed by atoms with Crippen LogP contribution in [-0.4, -0.2) is 22.9 Å². The molecule has 1 rings (SSSR count). The van der Waals surface area contributed by atoms with Gasteiger partial charge in [0.15, 0.2) is 5.11 Å². The highest BCUT2D eigenvalue weighted by molar-refractivity contribution is 7.80. The standard InChI is InChI=1S/C11H15FN2OS/c1-7-3-4-9(5-10(7)12)14-11(16)13-6-8(2)15/h3-5,8,15H,6H2,1-2H3,(H2,13,14,16)/t8-/m1/s1.